The zero-order valence-electron chi connectivity index (χ0n) is 27.2. The molecule has 13 nitrogen and oxygen atoms in total. The Labute approximate surface area is 281 Å². The number of aryl methyl sites for hydroxylation is 2. The van der Waals surface area contributed by atoms with Crippen molar-refractivity contribution in [3.05, 3.63) is 67.0 Å². The molecule has 0 aliphatic carbocycles. The van der Waals surface area contributed by atoms with Gasteiger partial charge in [0.25, 0.3) is 30.4 Å². The Balaban J connectivity index is 1.92. The van der Waals surface area contributed by atoms with Crippen molar-refractivity contribution >= 4 is 47.9 Å². The molecule has 0 aromatic carbocycles. The molecule has 2 aromatic heterocycles. The molecule has 48 heavy (non-hydrogen) atoms. The van der Waals surface area contributed by atoms with Gasteiger partial charge in [-0.3, -0.25) is 13.7 Å². The van der Waals surface area contributed by atoms with E-state index in [9.17, 15) is 38.9 Å². The topological polar surface area (TPSA) is 219 Å². The minimum Gasteiger partial charge on any atom is -0.356 e. The van der Waals surface area contributed by atoms with E-state index in [1.54, 1.807) is 19.1 Å². The molecule has 2 aromatic rings. The van der Waals surface area contributed by atoms with Crippen LogP contribution in [0.5, 0.6) is 0 Å². The molecule has 16 heteroatoms. The lowest BCUT2D eigenvalue weighted by Gasteiger charge is -2.09. The number of allylic oxidation sites excluding steroid dienone is 3. The van der Waals surface area contributed by atoms with Gasteiger partial charge in [0.05, 0.1) is 17.1 Å². The van der Waals surface area contributed by atoms with Crippen LogP contribution in [0.3, 0.4) is 0 Å². The van der Waals surface area contributed by atoms with Crippen LogP contribution < -0.4 is 0 Å². The summed E-state index contributed by atoms with van der Waals surface area (Å²) in [6.07, 6.45) is 6.84. The van der Waals surface area contributed by atoms with E-state index in [-0.39, 0.29) is 70.2 Å². The molecule has 5 heterocycles. The summed E-state index contributed by atoms with van der Waals surface area (Å²) in [5.74, 6) is 0. The van der Waals surface area contributed by atoms with Gasteiger partial charge < -0.3 is 9.97 Å². The first-order chi connectivity index (χ1) is 22.5. The monoisotopic (exact) mass is 720 g/mol. The summed E-state index contributed by atoms with van der Waals surface area (Å²) in [4.78, 5) is 14.2. The van der Waals surface area contributed by atoms with Crippen molar-refractivity contribution in [1.29, 1.82) is 0 Å². The number of nitrogens with zero attached hydrogens (tertiary/aromatic N) is 2. The molecule has 0 unspecified atom stereocenters. The van der Waals surface area contributed by atoms with Crippen LogP contribution in [0, 0.1) is 0 Å². The van der Waals surface area contributed by atoms with E-state index in [1.807, 2.05) is 26.8 Å². The molecule has 0 saturated carbocycles. The number of hydrogen-bond acceptors (Lipinski definition) is 8. The number of fused-ring (bicyclic) bond motifs is 7. The van der Waals surface area contributed by atoms with Gasteiger partial charge in [0.2, 0.25) is 0 Å². The Morgan fingerprint density at radius 2 is 1.27 bits per heavy atom. The molecule has 0 amide bonds. The third kappa shape index (κ3) is 6.73. The highest BCUT2D eigenvalue weighted by atomic mass is 32.2. The largest absolute Gasteiger partial charge is 0.356 e. The maximum Gasteiger partial charge on any atom is 0.297 e. The number of rotatable bonds is 11. The first-order valence-corrected chi connectivity index (χ1v) is 20.3. The summed E-state index contributed by atoms with van der Waals surface area (Å²) >= 11 is 0. The van der Waals surface area contributed by atoms with Crippen LogP contribution in [0.4, 0.5) is 0 Å². The van der Waals surface area contributed by atoms with E-state index in [0.717, 1.165) is 12.0 Å². The van der Waals surface area contributed by atoms with Gasteiger partial charge in [-0.25, -0.2) is 9.98 Å². The molecule has 5 N–H and O–H groups in total. The normalized spacial score (nSPS) is 19.3. The lowest BCUT2D eigenvalue weighted by atomic mass is 9.99. The third-order valence-electron chi connectivity index (χ3n) is 8.50. The van der Waals surface area contributed by atoms with Crippen molar-refractivity contribution in [3.63, 3.8) is 0 Å². The van der Waals surface area contributed by atoms with Gasteiger partial charge in [0.15, 0.2) is 0 Å². The van der Waals surface area contributed by atoms with Crippen LogP contribution in [-0.2, 0) is 49.6 Å². The lowest BCUT2D eigenvalue weighted by Crippen LogP contribution is -2.11. The molecule has 0 fully saturated rings. The minimum atomic E-state index is -4.98. The van der Waals surface area contributed by atoms with Gasteiger partial charge in [-0.15, -0.1) is 0 Å². The Bertz CT molecular complexity index is 2190. The molecule has 0 radical (unpaired) electrons. The van der Waals surface area contributed by atoms with Crippen LogP contribution >= 0.6 is 0 Å². The average molecular weight is 721 g/mol. The Morgan fingerprint density at radius 3 is 1.85 bits per heavy atom. The number of hydrogen-bond donors (Lipinski definition) is 5. The fraction of sp³-hybridized carbons (Fsp3) is 0.438. The van der Waals surface area contributed by atoms with Crippen molar-refractivity contribution in [2.24, 2.45) is 9.98 Å². The van der Waals surface area contributed by atoms with Crippen LogP contribution in [0.1, 0.15) is 95.2 Å². The van der Waals surface area contributed by atoms with Gasteiger partial charge in [0, 0.05) is 22.7 Å². The summed E-state index contributed by atoms with van der Waals surface area (Å²) < 4.78 is 109. The first kappa shape index (κ1) is 35.9. The van der Waals surface area contributed by atoms with Crippen molar-refractivity contribution in [2.75, 3.05) is 0 Å². The van der Waals surface area contributed by atoms with Crippen LogP contribution in [0.15, 0.2) is 59.4 Å². The second-order valence-electron chi connectivity index (χ2n) is 12.0. The molecule has 0 atom stereocenters. The number of H-pyrrole nitrogens is 2. The number of aromatic amines is 2. The summed E-state index contributed by atoms with van der Waals surface area (Å²) in [5, 5.41) is 0. The summed E-state index contributed by atoms with van der Waals surface area (Å²) in [7, 11) is -14.6. The van der Waals surface area contributed by atoms with Gasteiger partial charge >= 0.3 is 0 Å². The standard InChI is InChI=1S/C32H40N4O9S3/c1-5-9-18-17-26-27-30(46(37,38)39)19(10-6-2)23(34-27)15-16-25-21(12-8-4)32(48(43,44)45)29(36-25)28-31(47(40,41)42)20(11-7-3)24(35-28)14-13-22(18)33-26/h13-14,17,33-34H,5-12,15-16H2,1-4H3,(H,37,38,39)(H,40,41,42)(H,43,44,45)/b14-13-,29-28-. The SMILES string of the molecule is CCCC1=C(S(=O)(=O)O)/C2=C3/N=C(CCc4[nH]c(c(S(=O)(=O)O)c4CCC)-c4cc(CCC)c([nH]4)/C=C\C1=N2)C(CCC)=C3S(=O)(=O)O. The zero-order valence-corrected chi connectivity index (χ0v) is 29.7. The highest BCUT2D eigenvalue weighted by molar-refractivity contribution is 7.90. The fourth-order valence-corrected chi connectivity index (χ4v) is 9.48. The van der Waals surface area contributed by atoms with Gasteiger partial charge in [0.1, 0.15) is 26.1 Å². The van der Waals surface area contributed by atoms with Crippen molar-refractivity contribution in [2.45, 2.75) is 96.8 Å². The highest BCUT2D eigenvalue weighted by Crippen LogP contribution is 2.43. The number of aromatic nitrogens is 2. The smallest absolute Gasteiger partial charge is 0.297 e. The van der Waals surface area contributed by atoms with Crippen molar-refractivity contribution in [3.8, 4) is 11.4 Å². The molecular formula is C32H40N4O9S3. The first-order valence-electron chi connectivity index (χ1n) is 16.0. The average Bonchev–Trinajstić information content (AvgIpc) is 3.73. The molecular weight excluding hydrogens is 681 g/mol. The van der Waals surface area contributed by atoms with Crippen LogP contribution in [-0.4, -0.2) is 60.3 Å². The van der Waals surface area contributed by atoms with E-state index in [4.69, 9.17) is 0 Å². The Hall–Kier alpha value is -3.41. The third-order valence-corrected chi connectivity index (χ3v) is 11.4. The molecule has 8 bridgehead atoms. The molecule has 5 rings (SSSR count). The van der Waals surface area contributed by atoms with Crippen LogP contribution in [0.2, 0.25) is 0 Å². The zero-order chi connectivity index (χ0) is 35.2. The predicted octanol–water partition coefficient (Wildman–Crippen LogP) is 6.13. The minimum absolute atomic E-state index is 0.0625. The Morgan fingerprint density at radius 1 is 0.688 bits per heavy atom. The maximum absolute atomic E-state index is 13.0. The molecule has 3 aliphatic heterocycles. The molecule has 260 valence electrons. The van der Waals surface area contributed by atoms with E-state index in [0.29, 0.717) is 54.7 Å². The number of aliphatic imine (C=N–C) groups is 2. The van der Waals surface area contributed by atoms with E-state index in [2.05, 4.69) is 20.0 Å². The van der Waals surface area contributed by atoms with Crippen LogP contribution in [0.25, 0.3) is 17.5 Å². The van der Waals surface area contributed by atoms with E-state index >= 15 is 0 Å². The summed E-state index contributed by atoms with van der Waals surface area (Å²) in [6.45, 7) is 7.47. The van der Waals surface area contributed by atoms with Gasteiger partial charge in [-0.2, -0.15) is 25.3 Å². The summed E-state index contributed by atoms with van der Waals surface area (Å²) in [6, 6.07) is 1.81. The van der Waals surface area contributed by atoms with E-state index in [1.165, 1.54) is 0 Å². The quantitative estimate of drug-likeness (QED) is 0.168. The van der Waals surface area contributed by atoms with Crippen molar-refractivity contribution in [1.82, 2.24) is 9.97 Å². The molecule has 3 aliphatic rings. The molecule has 0 saturated heterocycles. The maximum atomic E-state index is 13.0. The highest BCUT2D eigenvalue weighted by Gasteiger charge is 2.40. The predicted molar refractivity (Wildman–Crippen MR) is 185 cm³/mol. The van der Waals surface area contributed by atoms with Gasteiger partial charge in [-0.05, 0) is 73.4 Å². The van der Waals surface area contributed by atoms with Crippen molar-refractivity contribution < 1.29 is 38.9 Å². The molecule has 0 spiro atoms. The Kier molecular flexibility index (Phi) is 10.1. The lowest BCUT2D eigenvalue weighted by molar-refractivity contribution is 0.481. The second-order valence-corrected chi connectivity index (χ2v) is 16.1. The number of nitrogens with one attached hydrogen (secondary N) is 2. The summed E-state index contributed by atoms with van der Waals surface area (Å²) in [5.41, 5.74) is 2.83. The van der Waals surface area contributed by atoms with Gasteiger partial charge in [-0.1, -0.05) is 53.4 Å². The second kappa shape index (κ2) is 13.5. The fourth-order valence-electron chi connectivity index (χ4n) is 6.70. The van der Waals surface area contributed by atoms with E-state index < -0.39 is 40.2 Å².